The molecule has 13 heavy (non-hydrogen) atoms. The van der Waals surface area contributed by atoms with Gasteiger partial charge >= 0.3 is 6.03 Å². The predicted molar refractivity (Wildman–Crippen MR) is 48.8 cm³/mol. The number of fused-ring (bicyclic) bond motifs is 1. The molecule has 0 radical (unpaired) electrons. The maximum Gasteiger partial charge on any atom is 0.316 e. The summed E-state index contributed by atoms with van der Waals surface area (Å²) in [4.78, 5) is 10.5. The lowest BCUT2D eigenvalue weighted by molar-refractivity contribution is 0.259. The van der Waals surface area contributed by atoms with Crippen molar-refractivity contribution in [3.63, 3.8) is 0 Å². The van der Waals surface area contributed by atoms with Crippen LogP contribution in [0.1, 0.15) is 5.56 Å². The van der Waals surface area contributed by atoms with Crippen molar-refractivity contribution >= 4 is 11.7 Å². The number of benzene rings is 1. The number of ether oxygens (including phenoxy) is 1. The molecule has 0 atom stereocenters. The maximum absolute atomic E-state index is 10.5. The molecule has 0 aliphatic carbocycles. The zero-order valence-electron chi connectivity index (χ0n) is 7.04. The van der Waals surface area contributed by atoms with Crippen LogP contribution >= 0.6 is 0 Å². The normalized spacial score (nSPS) is 13.2. The van der Waals surface area contributed by atoms with E-state index in [1.807, 2.05) is 12.1 Å². The van der Waals surface area contributed by atoms with Gasteiger partial charge in [-0.15, -0.1) is 0 Å². The number of carbonyl (C=O) groups is 1. The molecule has 0 unspecified atom stereocenters. The molecule has 3 N–H and O–H groups in total. The Morgan fingerprint density at radius 1 is 1.54 bits per heavy atom. The molecule has 0 saturated carbocycles. The second-order valence-corrected chi connectivity index (χ2v) is 2.91. The molecule has 2 amide bonds. The van der Waals surface area contributed by atoms with E-state index in [1.165, 1.54) is 0 Å². The predicted octanol–water partition coefficient (Wildman–Crippen LogP) is 1.11. The topological polar surface area (TPSA) is 64.4 Å². The van der Waals surface area contributed by atoms with Crippen LogP contribution in [0.4, 0.5) is 10.5 Å². The number of nitrogens with one attached hydrogen (secondary N) is 1. The Morgan fingerprint density at radius 2 is 2.38 bits per heavy atom. The first-order valence-electron chi connectivity index (χ1n) is 4.08. The van der Waals surface area contributed by atoms with Crippen molar-refractivity contribution in [2.75, 3.05) is 11.9 Å². The van der Waals surface area contributed by atoms with E-state index in [0.717, 1.165) is 30.0 Å². The molecule has 0 spiro atoms. The van der Waals surface area contributed by atoms with Crippen molar-refractivity contribution < 1.29 is 9.53 Å². The first kappa shape index (κ1) is 7.91. The first-order chi connectivity index (χ1) is 6.25. The van der Waals surface area contributed by atoms with Crippen LogP contribution in [0.3, 0.4) is 0 Å². The number of hydrogen-bond acceptors (Lipinski definition) is 2. The van der Waals surface area contributed by atoms with E-state index in [-0.39, 0.29) is 0 Å². The quantitative estimate of drug-likeness (QED) is 0.676. The highest BCUT2D eigenvalue weighted by Crippen LogP contribution is 2.27. The lowest BCUT2D eigenvalue weighted by atomic mass is 10.1. The molecule has 1 aromatic rings. The van der Waals surface area contributed by atoms with Gasteiger partial charge in [0.15, 0.2) is 0 Å². The molecule has 0 saturated heterocycles. The number of rotatable bonds is 1. The van der Waals surface area contributed by atoms with Crippen LogP contribution < -0.4 is 15.8 Å². The fraction of sp³-hybridized carbons (Fsp3) is 0.222. The van der Waals surface area contributed by atoms with Gasteiger partial charge in [0.05, 0.1) is 6.61 Å². The van der Waals surface area contributed by atoms with Gasteiger partial charge in [-0.3, -0.25) is 0 Å². The zero-order valence-corrected chi connectivity index (χ0v) is 7.04. The highest BCUT2D eigenvalue weighted by atomic mass is 16.5. The number of carbonyl (C=O) groups excluding carboxylic acids is 1. The molecule has 1 aliphatic rings. The van der Waals surface area contributed by atoms with Gasteiger partial charge in [0.25, 0.3) is 0 Å². The molecule has 1 aliphatic heterocycles. The van der Waals surface area contributed by atoms with Crippen molar-refractivity contribution in [2.45, 2.75) is 6.42 Å². The third kappa shape index (κ3) is 1.56. The van der Waals surface area contributed by atoms with Gasteiger partial charge in [-0.2, -0.15) is 0 Å². The minimum atomic E-state index is -0.543. The SMILES string of the molecule is NC(=O)Nc1ccc2c(c1)CCO2. The van der Waals surface area contributed by atoms with Crippen molar-refractivity contribution in [2.24, 2.45) is 5.73 Å². The number of urea groups is 1. The third-order valence-electron chi connectivity index (χ3n) is 1.96. The average molecular weight is 178 g/mol. The second kappa shape index (κ2) is 2.97. The van der Waals surface area contributed by atoms with Gasteiger partial charge in [-0.05, 0) is 23.8 Å². The van der Waals surface area contributed by atoms with Crippen molar-refractivity contribution in [3.8, 4) is 5.75 Å². The number of anilines is 1. The highest BCUT2D eigenvalue weighted by Gasteiger charge is 2.11. The van der Waals surface area contributed by atoms with Gasteiger partial charge in [0.1, 0.15) is 5.75 Å². The van der Waals surface area contributed by atoms with Gasteiger partial charge in [0, 0.05) is 12.1 Å². The van der Waals surface area contributed by atoms with E-state index < -0.39 is 6.03 Å². The fourth-order valence-corrected chi connectivity index (χ4v) is 1.41. The van der Waals surface area contributed by atoms with Gasteiger partial charge in [-0.1, -0.05) is 0 Å². The average Bonchev–Trinajstić information content (AvgIpc) is 2.49. The molecule has 0 aromatic heterocycles. The molecule has 0 fully saturated rings. The van der Waals surface area contributed by atoms with E-state index in [2.05, 4.69) is 5.32 Å². The summed E-state index contributed by atoms with van der Waals surface area (Å²) >= 11 is 0. The van der Waals surface area contributed by atoms with Crippen LogP contribution in [0.25, 0.3) is 0 Å². The van der Waals surface area contributed by atoms with Crippen LogP contribution in [0.15, 0.2) is 18.2 Å². The van der Waals surface area contributed by atoms with Crippen LogP contribution in [-0.2, 0) is 6.42 Å². The Bertz CT molecular complexity index is 349. The van der Waals surface area contributed by atoms with E-state index in [0.29, 0.717) is 0 Å². The largest absolute Gasteiger partial charge is 0.493 e. The molecule has 4 nitrogen and oxygen atoms in total. The van der Waals surface area contributed by atoms with Crippen LogP contribution in [0.5, 0.6) is 5.75 Å². The molecular weight excluding hydrogens is 168 g/mol. The van der Waals surface area contributed by atoms with E-state index in [9.17, 15) is 4.79 Å². The molecule has 0 bridgehead atoms. The summed E-state index contributed by atoms with van der Waals surface area (Å²) in [6.07, 6.45) is 0.892. The van der Waals surface area contributed by atoms with Gasteiger partial charge < -0.3 is 15.8 Å². The highest BCUT2D eigenvalue weighted by molar-refractivity contribution is 5.88. The summed E-state index contributed by atoms with van der Waals surface area (Å²) in [6, 6.07) is 4.95. The zero-order chi connectivity index (χ0) is 9.26. The van der Waals surface area contributed by atoms with Crippen molar-refractivity contribution in [3.05, 3.63) is 23.8 Å². The summed E-state index contributed by atoms with van der Waals surface area (Å²) < 4.78 is 5.31. The lowest BCUT2D eigenvalue weighted by Gasteiger charge is -2.03. The minimum absolute atomic E-state index is 0.543. The third-order valence-corrected chi connectivity index (χ3v) is 1.96. The first-order valence-corrected chi connectivity index (χ1v) is 4.08. The maximum atomic E-state index is 10.5. The smallest absolute Gasteiger partial charge is 0.316 e. The summed E-state index contributed by atoms with van der Waals surface area (Å²) in [5, 5.41) is 2.52. The Balaban J connectivity index is 2.25. The van der Waals surface area contributed by atoms with Crippen LogP contribution in [0, 0.1) is 0 Å². The lowest BCUT2D eigenvalue weighted by Crippen LogP contribution is -2.19. The van der Waals surface area contributed by atoms with Crippen molar-refractivity contribution in [1.29, 1.82) is 0 Å². The summed E-state index contributed by atoms with van der Waals surface area (Å²) in [5.41, 5.74) is 6.82. The molecule has 2 rings (SSSR count). The second-order valence-electron chi connectivity index (χ2n) is 2.91. The Hall–Kier alpha value is -1.71. The Kier molecular flexibility index (Phi) is 1.81. The monoisotopic (exact) mass is 178 g/mol. The molecule has 1 heterocycles. The number of amides is 2. The minimum Gasteiger partial charge on any atom is -0.493 e. The van der Waals surface area contributed by atoms with Crippen molar-refractivity contribution in [1.82, 2.24) is 0 Å². The van der Waals surface area contributed by atoms with E-state index >= 15 is 0 Å². The fourth-order valence-electron chi connectivity index (χ4n) is 1.41. The number of primary amides is 1. The Labute approximate surface area is 75.7 Å². The molecule has 68 valence electrons. The van der Waals surface area contributed by atoms with Crippen LogP contribution in [-0.4, -0.2) is 12.6 Å². The summed E-state index contributed by atoms with van der Waals surface area (Å²) in [7, 11) is 0. The summed E-state index contributed by atoms with van der Waals surface area (Å²) in [5.74, 6) is 0.898. The van der Waals surface area contributed by atoms with E-state index in [1.54, 1.807) is 6.07 Å². The van der Waals surface area contributed by atoms with Crippen LogP contribution in [0.2, 0.25) is 0 Å². The molecule has 4 heteroatoms. The number of nitrogens with two attached hydrogens (primary N) is 1. The molecule has 1 aromatic carbocycles. The van der Waals surface area contributed by atoms with E-state index in [4.69, 9.17) is 10.5 Å². The molecular formula is C9H10N2O2. The standard InChI is InChI=1S/C9H10N2O2/c10-9(12)11-7-1-2-8-6(5-7)3-4-13-8/h1-2,5H,3-4H2,(H3,10,11,12). The van der Waals surface area contributed by atoms with Gasteiger partial charge in [-0.25, -0.2) is 4.79 Å². The Morgan fingerprint density at radius 3 is 3.15 bits per heavy atom. The number of hydrogen-bond donors (Lipinski definition) is 2. The summed E-state index contributed by atoms with van der Waals surface area (Å²) in [6.45, 7) is 0.718. The van der Waals surface area contributed by atoms with Gasteiger partial charge in [0.2, 0.25) is 0 Å².